The average molecular weight is 306 g/mol. The topological polar surface area (TPSA) is 76.7 Å². The van der Waals surface area contributed by atoms with Crippen LogP contribution in [0.5, 0.6) is 11.5 Å². The third-order valence-corrected chi connectivity index (χ3v) is 3.61. The van der Waals surface area contributed by atoms with Gasteiger partial charge >= 0.3 is 0 Å². The lowest BCUT2D eigenvalue weighted by Crippen LogP contribution is -2.44. The molecule has 1 aliphatic heterocycles. The Morgan fingerprint density at radius 2 is 1.82 bits per heavy atom. The van der Waals surface area contributed by atoms with Crippen LogP contribution in [0, 0.1) is 0 Å². The molecule has 1 aromatic carbocycles. The first-order valence-corrected chi connectivity index (χ1v) is 7.40. The molecule has 0 unspecified atom stereocenters. The maximum atomic E-state index is 12.4. The molecule has 0 aliphatic carbocycles. The predicted octanol–water partition coefficient (Wildman–Crippen LogP) is 0.988. The van der Waals surface area contributed by atoms with Crippen LogP contribution in [0.25, 0.3) is 0 Å². The average Bonchev–Trinajstić information content (AvgIpc) is 2.52. The molecule has 120 valence electrons. The number of carbonyl (C=O) groups is 2. The van der Waals surface area contributed by atoms with Gasteiger partial charge in [-0.25, -0.2) is 0 Å². The Labute approximate surface area is 130 Å². The summed E-state index contributed by atoms with van der Waals surface area (Å²) in [4.78, 5) is 23.8. The smallest absolute Gasteiger partial charge is 0.239 e. The number of ether oxygens (including phenoxy) is 2. The van der Waals surface area contributed by atoms with Gasteiger partial charge in [0.1, 0.15) is 13.2 Å². The molecule has 1 aliphatic rings. The molecule has 0 saturated heterocycles. The van der Waals surface area contributed by atoms with Crippen LogP contribution in [0.4, 0.5) is 0 Å². The second-order valence-electron chi connectivity index (χ2n) is 5.62. The fraction of sp³-hybridized carbons (Fsp3) is 0.500. The number of rotatable bonds is 5. The van der Waals surface area contributed by atoms with E-state index in [0.717, 1.165) is 5.56 Å². The summed E-state index contributed by atoms with van der Waals surface area (Å²) in [6.07, 6.45) is 0. The van der Waals surface area contributed by atoms with Crippen molar-refractivity contribution in [3.63, 3.8) is 0 Å². The summed E-state index contributed by atoms with van der Waals surface area (Å²) >= 11 is 0. The lowest BCUT2D eigenvalue weighted by Gasteiger charge is -2.26. The number of nitrogens with one attached hydrogen (secondary N) is 2. The summed E-state index contributed by atoms with van der Waals surface area (Å²) in [7, 11) is 0. The van der Waals surface area contributed by atoms with E-state index in [1.54, 1.807) is 0 Å². The normalized spacial score (nSPS) is 13.4. The van der Waals surface area contributed by atoms with Gasteiger partial charge in [0.25, 0.3) is 0 Å². The number of amides is 2. The van der Waals surface area contributed by atoms with Crippen LogP contribution < -0.4 is 20.1 Å². The monoisotopic (exact) mass is 306 g/mol. The summed E-state index contributed by atoms with van der Waals surface area (Å²) in [5.74, 6) is 0.922. The fourth-order valence-electron chi connectivity index (χ4n) is 2.20. The number of likely N-dealkylation sites (N-methyl/N-ethyl adjacent to an activating group) is 1. The van der Waals surface area contributed by atoms with Gasteiger partial charge in [-0.05, 0) is 38.5 Å². The molecule has 0 saturated carbocycles. The molecule has 22 heavy (non-hydrogen) atoms. The summed E-state index contributed by atoms with van der Waals surface area (Å²) in [5, 5.41) is 5.31. The molecule has 1 aromatic rings. The molecule has 2 N–H and O–H groups in total. The van der Waals surface area contributed by atoms with Crippen molar-refractivity contribution in [3.05, 3.63) is 23.8 Å². The minimum Gasteiger partial charge on any atom is -0.486 e. The first-order valence-electron chi connectivity index (χ1n) is 7.40. The molecule has 0 spiro atoms. The van der Waals surface area contributed by atoms with Crippen LogP contribution >= 0.6 is 0 Å². The predicted molar refractivity (Wildman–Crippen MR) is 82.2 cm³/mol. The number of carbonyl (C=O) groups excluding carboxylic acids is 2. The van der Waals surface area contributed by atoms with Crippen LogP contribution in [0.1, 0.15) is 26.3 Å². The first-order chi connectivity index (χ1) is 10.4. The van der Waals surface area contributed by atoms with Crippen molar-refractivity contribution in [2.24, 2.45) is 0 Å². The van der Waals surface area contributed by atoms with Gasteiger partial charge in [-0.15, -0.1) is 0 Å². The number of hydrogen-bond donors (Lipinski definition) is 2. The Hall–Kier alpha value is -2.24. The van der Waals surface area contributed by atoms with Crippen LogP contribution in [0.15, 0.2) is 18.2 Å². The maximum absolute atomic E-state index is 12.4. The highest BCUT2D eigenvalue weighted by atomic mass is 16.6. The van der Waals surface area contributed by atoms with Crippen molar-refractivity contribution in [1.82, 2.24) is 10.6 Å². The highest BCUT2D eigenvalue weighted by Gasteiger charge is 2.31. The molecule has 2 rings (SSSR count). The largest absolute Gasteiger partial charge is 0.486 e. The van der Waals surface area contributed by atoms with E-state index in [-0.39, 0.29) is 18.4 Å². The van der Waals surface area contributed by atoms with Crippen LogP contribution in [-0.4, -0.2) is 38.1 Å². The van der Waals surface area contributed by atoms with E-state index in [4.69, 9.17) is 9.47 Å². The highest BCUT2D eigenvalue weighted by Crippen LogP contribution is 2.35. The van der Waals surface area contributed by atoms with Crippen LogP contribution in [0.2, 0.25) is 0 Å². The van der Waals surface area contributed by atoms with Gasteiger partial charge in [0.15, 0.2) is 11.5 Å². The van der Waals surface area contributed by atoms with E-state index in [2.05, 4.69) is 10.6 Å². The SMILES string of the molecule is CCNC(=O)CNC(=O)C(C)(C)c1ccc2c(c1)OCCO2. The minimum absolute atomic E-state index is 0.0271. The lowest BCUT2D eigenvalue weighted by atomic mass is 9.83. The van der Waals surface area contributed by atoms with E-state index in [0.29, 0.717) is 31.3 Å². The Kier molecular flexibility index (Phi) is 4.90. The van der Waals surface area contributed by atoms with Crippen molar-refractivity contribution in [2.75, 3.05) is 26.3 Å². The van der Waals surface area contributed by atoms with E-state index in [1.807, 2.05) is 39.0 Å². The Morgan fingerprint density at radius 3 is 2.50 bits per heavy atom. The first kappa shape index (κ1) is 16.1. The summed E-state index contributed by atoms with van der Waals surface area (Å²) in [6.45, 7) is 7.00. The third-order valence-electron chi connectivity index (χ3n) is 3.61. The van der Waals surface area contributed by atoms with Crippen LogP contribution in [0.3, 0.4) is 0 Å². The number of hydrogen-bond acceptors (Lipinski definition) is 4. The van der Waals surface area contributed by atoms with Crippen LogP contribution in [-0.2, 0) is 15.0 Å². The highest BCUT2D eigenvalue weighted by molar-refractivity contribution is 5.91. The Morgan fingerprint density at radius 1 is 1.14 bits per heavy atom. The molecule has 0 aromatic heterocycles. The lowest BCUT2D eigenvalue weighted by molar-refractivity contribution is -0.129. The molecule has 0 bridgehead atoms. The van der Waals surface area contributed by atoms with E-state index in [9.17, 15) is 9.59 Å². The molecule has 2 amide bonds. The zero-order chi connectivity index (χ0) is 16.2. The minimum atomic E-state index is -0.775. The Bertz CT molecular complexity index is 569. The summed E-state index contributed by atoms with van der Waals surface area (Å²) < 4.78 is 11.0. The molecular formula is C16H22N2O4. The van der Waals surface area contributed by atoms with E-state index < -0.39 is 5.41 Å². The van der Waals surface area contributed by atoms with Gasteiger partial charge in [0, 0.05) is 6.54 Å². The Balaban J connectivity index is 2.08. The van der Waals surface area contributed by atoms with Crippen molar-refractivity contribution < 1.29 is 19.1 Å². The second kappa shape index (κ2) is 6.68. The van der Waals surface area contributed by atoms with Gasteiger partial charge in [-0.1, -0.05) is 6.07 Å². The molecule has 0 fully saturated rings. The van der Waals surface area contributed by atoms with Gasteiger partial charge in [-0.2, -0.15) is 0 Å². The zero-order valence-corrected chi connectivity index (χ0v) is 13.2. The van der Waals surface area contributed by atoms with E-state index >= 15 is 0 Å². The van der Waals surface area contributed by atoms with Crippen molar-refractivity contribution >= 4 is 11.8 Å². The zero-order valence-electron chi connectivity index (χ0n) is 13.2. The van der Waals surface area contributed by atoms with Gasteiger partial charge in [-0.3, -0.25) is 9.59 Å². The quantitative estimate of drug-likeness (QED) is 0.850. The summed E-state index contributed by atoms with van der Waals surface area (Å²) in [6, 6.07) is 5.47. The molecule has 6 nitrogen and oxygen atoms in total. The van der Waals surface area contributed by atoms with Gasteiger partial charge in [0.05, 0.1) is 12.0 Å². The van der Waals surface area contributed by atoms with Gasteiger partial charge in [0.2, 0.25) is 11.8 Å². The standard InChI is InChI=1S/C16H22N2O4/c1-4-17-14(19)10-18-15(20)16(2,3)11-5-6-12-13(9-11)22-8-7-21-12/h5-6,9H,4,7-8,10H2,1-3H3,(H,17,19)(H,18,20). The summed E-state index contributed by atoms with van der Waals surface area (Å²) in [5.41, 5.74) is 0.0349. The molecule has 0 atom stereocenters. The molecule has 0 radical (unpaired) electrons. The number of fused-ring (bicyclic) bond motifs is 1. The second-order valence-corrected chi connectivity index (χ2v) is 5.62. The van der Waals surface area contributed by atoms with Gasteiger partial charge < -0.3 is 20.1 Å². The fourth-order valence-corrected chi connectivity index (χ4v) is 2.20. The van der Waals surface area contributed by atoms with Crippen molar-refractivity contribution in [2.45, 2.75) is 26.2 Å². The van der Waals surface area contributed by atoms with Crippen molar-refractivity contribution in [1.29, 1.82) is 0 Å². The third kappa shape index (κ3) is 3.50. The van der Waals surface area contributed by atoms with Crippen molar-refractivity contribution in [3.8, 4) is 11.5 Å². The van der Waals surface area contributed by atoms with E-state index in [1.165, 1.54) is 0 Å². The number of benzene rings is 1. The molecule has 6 heteroatoms. The molecule has 1 heterocycles. The molecular weight excluding hydrogens is 284 g/mol. The maximum Gasteiger partial charge on any atom is 0.239 e.